The maximum Gasteiger partial charge on any atom is 0.322 e. The largest absolute Gasteiger partial charge is 0.334 e. The van der Waals surface area contributed by atoms with E-state index >= 15 is 0 Å². The Labute approximate surface area is 177 Å². The third kappa shape index (κ3) is 3.71. The summed E-state index contributed by atoms with van der Waals surface area (Å²) in [6, 6.07) is 12.3. The molecule has 1 aromatic heterocycles. The van der Waals surface area contributed by atoms with Crippen LogP contribution in [0.3, 0.4) is 0 Å². The Kier molecular flexibility index (Phi) is 5.37. The van der Waals surface area contributed by atoms with Crippen LogP contribution >= 0.6 is 11.6 Å². The number of aromatic nitrogens is 2. The minimum absolute atomic E-state index is 0.228. The number of hydrogen-bond donors (Lipinski definition) is 1. The third-order valence-electron chi connectivity index (χ3n) is 4.83. The molecule has 6 nitrogen and oxygen atoms in total. The molecule has 1 atom stereocenters. The molecule has 0 bridgehead atoms. The van der Waals surface area contributed by atoms with Crippen molar-refractivity contribution in [3.05, 3.63) is 89.2 Å². The van der Waals surface area contributed by atoms with Gasteiger partial charge in [-0.3, -0.25) is 4.90 Å². The Bertz CT molecular complexity index is 1160. The molecule has 1 N–H and O–H groups in total. The van der Waals surface area contributed by atoms with E-state index in [9.17, 15) is 9.18 Å². The average molecular weight is 425 g/mol. The van der Waals surface area contributed by atoms with Crippen LogP contribution in [-0.4, -0.2) is 27.6 Å². The lowest BCUT2D eigenvalue weighted by Crippen LogP contribution is -2.46. The van der Waals surface area contributed by atoms with Gasteiger partial charge in [-0.25, -0.2) is 9.18 Å². The Morgan fingerprint density at radius 3 is 2.83 bits per heavy atom. The van der Waals surface area contributed by atoms with Crippen LogP contribution in [0.25, 0.3) is 17.0 Å². The van der Waals surface area contributed by atoms with E-state index in [1.54, 1.807) is 43.3 Å². The lowest BCUT2D eigenvalue weighted by Gasteiger charge is -2.34. The summed E-state index contributed by atoms with van der Waals surface area (Å²) in [4.78, 5) is 18.7. The monoisotopic (exact) mass is 424 g/mol. The first-order valence-corrected chi connectivity index (χ1v) is 9.61. The van der Waals surface area contributed by atoms with Crippen molar-refractivity contribution in [2.45, 2.75) is 13.0 Å². The predicted octanol–water partition coefficient (Wildman–Crippen LogP) is 5.21. The summed E-state index contributed by atoms with van der Waals surface area (Å²) in [5.41, 5.74) is 2.55. The number of benzene rings is 2. The van der Waals surface area contributed by atoms with Gasteiger partial charge in [0.05, 0.1) is 11.6 Å². The van der Waals surface area contributed by atoms with Crippen LogP contribution in [0.2, 0.25) is 5.02 Å². The number of carbonyl (C=O) groups excluding carboxylic acids is 1. The molecule has 0 saturated heterocycles. The first-order valence-electron chi connectivity index (χ1n) is 9.23. The highest BCUT2D eigenvalue weighted by atomic mass is 35.5. The maximum atomic E-state index is 13.6. The summed E-state index contributed by atoms with van der Waals surface area (Å²) in [7, 11) is 0. The molecule has 3 aromatic rings. The molecule has 152 valence electrons. The van der Waals surface area contributed by atoms with E-state index in [4.69, 9.17) is 16.1 Å². The highest BCUT2D eigenvalue weighted by molar-refractivity contribution is 6.30. The van der Waals surface area contributed by atoms with Crippen molar-refractivity contribution < 1.29 is 13.7 Å². The smallest absolute Gasteiger partial charge is 0.322 e. The SMILES string of the molecule is C=CCN1C(=O)NC(c2cccc(Cl)c2)C(c2nc(-c3cccc(F)c3)no2)=C1C. The van der Waals surface area contributed by atoms with Crippen molar-refractivity contribution in [2.24, 2.45) is 0 Å². The number of halogens is 2. The number of amides is 2. The molecule has 2 amide bonds. The first kappa shape index (κ1) is 19.8. The van der Waals surface area contributed by atoms with Crippen molar-refractivity contribution in [3.8, 4) is 11.4 Å². The van der Waals surface area contributed by atoms with E-state index in [1.165, 1.54) is 17.0 Å². The molecular weight excluding hydrogens is 407 g/mol. The van der Waals surface area contributed by atoms with E-state index in [2.05, 4.69) is 22.0 Å². The van der Waals surface area contributed by atoms with Crippen molar-refractivity contribution in [1.82, 2.24) is 20.4 Å². The summed E-state index contributed by atoms with van der Waals surface area (Å²) in [6.07, 6.45) is 1.63. The second kappa shape index (κ2) is 8.12. The van der Waals surface area contributed by atoms with Crippen LogP contribution < -0.4 is 5.32 Å². The Hall–Kier alpha value is -3.45. The molecule has 2 heterocycles. The van der Waals surface area contributed by atoms with E-state index < -0.39 is 11.9 Å². The molecule has 0 saturated carbocycles. The van der Waals surface area contributed by atoms with Gasteiger partial charge in [0, 0.05) is 22.8 Å². The molecule has 1 aliphatic heterocycles. The quantitative estimate of drug-likeness (QED) is 0.570. The van der Waals surface area contributed by atoms with Crippen molar-refractivity contribution >= 4 is 23.2 Å². The second-order valence-electron chi connectivity index (χ2n) is 6.77. The third-order valence-corrected chi connectivity index (χ3v) is 5.06. The Morgan fingerprint density at radius 2 is 2.10 bits per heavy atom. The van der Waals surface area contributed by atoms with E-state index in [0.717, 1.165) is 5.56 Å². The van der Waals surface area contributed by atoms with Crippen LogP contribution in [0.4, 0.5) is 9.18 Å². The average Bonchev–Trinajstić information content (AvgIpc) is 3.20. The zero-order valence-corrected chi connectivity index (χ0v) is 16.9. The molecule has 1 aliphatic rings. The minimum atomic E-state index is -0.543. The topological polar surface area (TPSA) is 71.3 Å². The number of carbonyl (C=O) groups is 1. The molecule has 0 aliphatic carbocycles. The number of allylic oxidation sites excluding steroid dienone is 1. The fourth-order valence-electron chi connectivity index (χ4n) is 3.42. The molecule has 1 unspecified atom stereocenters. The van der Waals surface area contributed by atoms with Gasteiger partial charge in [-0.15, -0.1) is 6.58 Å². The van der Waals surface area contributed by atoms with Gasteiger partial charge in [-0.2, -0.15) is 4.98 Å². The fraction of sp³-hybridized carbons (Fsp3) is 0.136. The Balaban J connectivity index is 1.83. The summed E-state index contributed by atoms with van der Waals surface area (Å²) in [5.74, 6) is 0.0840. The number of nitrogens with one attached hydrogen (secondary N) is 1. The van der Waals surface area contributed by atoms with Crippen LogP contribution in [-0.2, 0) is 0 Å². The second-order valence-corrected chi connectivity index (χ2v) is 7.21. The number of urea groups is 1. The van der Waals surface area contributed by atoms with Gasteiger partial charge in [-0.05, 0) is 36.8 Å². The van der Waals surface area contributed by atoms with Crippen molar-refractivity contribution in [3.63, 3.8) is 0 Å². The van der Waals surface area contributed by atoms with Crippen LogP contribution in [0.1, 0.15) is 24.4 Å². The highest BCUT2D eigenvalue weighted by Crippen LogP contribution is 2.37. The number of nitrogens with zero attached hydrogens (tertiary/aromatic N) is 3. The van der Waals surface area contributed by atoms with Crippen LogP contribution in [0.5, 0.6) is 0 Å². The lowest BCUT2D eigenvalue weighted by molar-refractivity contribution is 0.209. The molecular formula is C22H18ClFN4O2. The zero-order valence-electron chi connectivity index (χ0n) is 16.1. The van der Waals surface area contributed by atoms with E-state index in [-0.39, 0.29) is 17.7 Å². The van der Waals surface area contributed by atoms with E-state index in [1.807, 2.05) is 6.07 Å². The molecule has 4 rings (SSSR count). The minimum Gasteiger partial charge on any atom is -0.334 e. The zero-order chi connectivity index (χ0) is 21.3. The number of rotatable bonds is 5. The summed E-state index contributed by atoms with van der Waals surface area (Å²) < 4.78 is 19.1. The molecule has 0 spiro atoms. The molecule has 8 heteroatoms. The summed E-state index contributed by atoms with van der Waals surface area (Å²) in [5, 5.41) is 7.52. The van der Waals surface area contributed by atoms with Crippen molar-refractivity contribution in [2.75, 3.05) is 6.54 Å². The van der Waals surface area contributed by atoms with Crippen LogP contribution in [0.15, 0.2) is 71.4 Å². The maximum absolute atomic E-state index is 13.6. The van der Waals surface area contributed by atoms with Gasteiger partial charge in [0.1, 0.15) is 5.82 Å². The molecule has 30 heavy (non-hydrogen) atoms. The van der Waals surface area contributed by atoms with E-state index in [0.29, 0.717) is 28.4 Å². The predicted molar refractivity (Wildman–Crippen MR) is 112 cm³/mol. The van der Waals surface area contributed by atoms with Gasteiger partial charge in [-0.1, -0.05) is 47.1 Å². The number of hydrogen-bond acceptors (Lipinski definition) is 4. The molecule has 2 aromatic carbocycles. The van der Waals surface area contributed by atoms with Gasteiger partial charge in [0.2, 0.25) is 5.82 Å². The van der Waals surface area contributed by atoms with Gasteiger partial charge in [0.15, 0.2) is 0 Å². The Morgan fingerprint density at radius 1 is 1.30 bits per heavy atom. The van der Waals surface area contributed by atoms with Crippen molar-refractivity contribution in [1.29, 1.82) is 0 Å². The standard InChI is InChI=1S/C22H18ClFN4O2/c1-3-10-28-13(2)18(19(25-22(28)29)14-6-4-8-16(23)11-14)21-26-20(27-30-21)15-7-5-9-17(24)12-15/h3-9,11-12,19H,1,10H2,2H3,(H,25,29). The fourth-order valence-corrected chi connectivity index (χ4v) is 3.62. The van der Waals surface area contributed by atoms with Crippen LogP contribution in [0, 0.1) is 5.82 Å². The van der Waals surface area contributed by atoms with Gasteiger partial charge in [0.25, 0.3) is 5.89 Å². The highest BCUT2D eigenvalue weighted by Gasteiger charge is 2.35. The first-order chi connectivity index (χ1) is 14.5. The molecule has 0 radical (unpaired) electrons. The normalized spacial score (nSPS) is 16.6. The van der Waals surface area contributed by atoms with Gasteiger partial charge >= 0.3 is 6.03 Å². The molecule has 0 fully saturated rings. The summed E-state index contributed by atoms with van der Waals surface area (Å²) >= 11 is 6.17. The summed E-state index contributed by atoms with van der Waals surface area (Å²) in [6.45, 7) is 5.83. The van der Waals surface area contributed by atoms with Gasteiger partial charge < -0.3 is 9.84 Å². The lowest BCUT2D eigenvalue weighted by atomic mass is 9.94.